The van der Waals surface area contributed by atoms with E-state index >= 15 is 0 Å². The highest BCUT2D eigenvalue weighted by Crippen LogP contribution is 2.51. The lowest BCUT2D eigenvalue weighted by Gasteiger charge is -2.18. The predicted molar refractivity (Wildman–Crippen MR) is 60.9 cm³/mol. The third-order valence-corrected chi connectivity index (χ3v) is 3.97. The molecule has 0 bridgehead atoms. The van der Waals surface area contributed by atoms with Crippen LogP contribution in [0.25, 0.3) is 0 Å². The van der Waals surface area contributed by atoms with Crippen LogP contribution in [0, 0.1) is 17.8 Å². The van der Waals surface area contributed by atoms with E-state index in [4.69, 9.17) is 5.11 Å². The second-order valence-corrected chi connectivity index (χ2v) is 5.04. The molecule has 0 spiro atoms. The molecular weight excluding hydrogens is 202 g/mol. The maximum Gasteiger partial charge on any atom is 0.115 e. The van der Waals surface area contributed by atoms with Crippen molar-refractivity contribution in [2.45, 2.75) is 6.54 Å². The van der Waals surface area contributed by atoms with E-state index in [0.29, 0.717) is 18.3 Å². The fourth-order valence-corrected chi connectivity index (χ4v) is 3.05. The molecule has 1 aromatic rings. The van der Waals surface area contributed by atoms with Crippen LogP contribution in [-0.4, -0.2) is 34.8 Å². The quantitative estimate of drug-likeness (QED) is 0.799. The maximum absolute atomic E-state index is 9.38. The van der Waals surface area contributed by atoms with Gasteiger partial charge in [0.2, 0.25) is 0 Å². The van der Waals surface area contributed by atoms with Crippen molar-refractivity contribution < 1.29 is 10.2 Å². The van der Waals surface area contributed by atoms with Gasteiger partial charge in [0.05, 0.1) is 0 Å². The van der Waals surface area contributed by atoms with Gasteiger partial charge < -0.3 is 10.2 Å². The van der Waals surface area contributed by atoms with Crippen molar-refractivity contribution >= 4 is 0 Å². The minimum atomic E-state index is 0.343. The second kappa shape index (κ2) is 3.75. The van der Waals surface area contributed by atoms with Crippen molar-refractivity contribution in [1.29, 1.82) is 0 Å². The molecular formula is C13H17NO2. The van der Waals surface area contributed by atoms with Crippen LogP contribution in [0.2, 0.25) is 0 Å². The summed E-state index contributed by atoms with van der Waals surface area (Å²) in [6.45, 7) is 3.48. The van der Waals surface area contributed by atoms with Crippen LogP contribution >= 0.6 is 0 Å². The molecule has 0 amide bonds. The predicted octanol–water partition coefficient (Wildman–Crippen LogP) is 1.06. The zero-order valence-electron chi connectivity index (χ0n) is 9.21. The van der Waals surface area contributed by atoms with E-state index in [-0.39, 0.29) is 0 Å². The Balaban J connectivity index is 1.58. The van der Waals surface area contributed by atoms with E-state index in [1.807, 2.05) is 18.2 Å². The Hall–Kier alpha value is -1.06. The van der Waals surface area contributed by atoms with Crippen molar-refractivity contribution in [3.05, 3.63) is 29.8 Å². The summed E-state index contributed by atoms with van der Waals surface area (Å²) in [4.78, 5) is 2.41. The normalized spacial score (nSPS) is 32.7. The number of rotatable bonds is 3. The summed E-state index contributed by atoms with van der Waals surface area (Å²) in [6, 6.07) is 7.46. The monoisotopic (exact) mass is 219 g/mol. The van der Waals surface area contributed by atoms with Crippen LogP contribution in [0.5, 0.6) is 5.75 Å². The molecule has 2 unspecified atom stereocenters. The molecule has 2 aliphatic rings. The van der Waals surface area contributed by atoms with Gasteiger partial charge in [-0.3, -0.25) is 4.90 Å². The van der Waals surface area contributed by atoms with E-state index in [1.165, 1.54) is 5.56 Å². The summed E-state index contributed by atoms with van der Waals surface area (Å²) in [6.07, 6.45) is 0. The van der Waals surface area contributed by atoms with Gasteiger partial charge in [0.15, 0.2) is 0 Å². The smallest absolute Gasteiger partial charge is 0.115 e. The van der Waals surface area contributed by atoms with Gasteiger partial charge in [-0.15, -0.1) is 0 Å². The van der Waals surface area contributed by atoms with E-state index < -0.39 is 0 Å². The molecule has 1 aliphatic carbocycles. The van der Waals surface area contributed by atoms with Gasteiger partial charge in [-0.25, -0.2) is 0 Å². The van der Waals surface area contributed by atoms with E-state index in [0.717, 1.165) is 31.5 Å². The molecule has 1 aromatic carbocycles. The first kappa shape index (κ1) is 10.1. The van der Waals surface area contributed by atoms with Gasteiger partial charge in [-0.1, -0.05) is 12.1 Å². The number of likely N-dealkylation sites (tertiary alicyclic amines) is 1. The standard InChI is InChI=1S/C13H17NO2/c15-8-13-11-6-14(7-12(11)13)5-9-2-1-3-10(16)4-9/h1-4,11-13,15-16H,5-8H2. The largest absolute Gasteiger partial charge is 0.508 e. The highest BCUT2D eigenvalue weighted by molar-refractivity contribution is 5.27. The van der Waals surface area contributed by atoms with E-state index in [2.05, 4.69) is 4.90 Å². The van der Waals surface area contributed by atoms with Gasteiger partial charge >= 0.3 is 0 Å². The first-order valence-electron chi connectivity index (χ1n) is 5.89. The minimum absolute atomic E-state index is 0.343. The lowest BCUT2D eigenvalue weighted by molar-refractivity contribution is 0.217. The molecule has 1 saturated heterocycles. The molecule has 1 saturated carbocycles. The summed E-state index contributed by atoms with van der Waals surface area (Å²) >= 11 is 0. The maximum atomic E-state index is 9.38. The minimum Gasteiger partial charge on any atom is -0.508 e. The number of aliphatic hydroxyl groups is 1. The third kappa shape index (κ3) is 1.70. The number of hydrogen-bond donors (Lipinski definition) is 2. The molecule has 3 heteroatoms. The summed E-state index contributed by atoms with van der Waals surface area (Å²) in [5.74, 6) is 2.36. The number of piperidine rings is 1. The molecule has 0 aromatic heterocycles. The Morgan fingerprint density at radius 2 is 2.00 bits per heavy atom. The average molecular weight is 219 g/mol. The molecule has 2 atom stereocenters. The fraction of sp³-hybridized carbons (Fsp3) is 0.538. The molecule has 3 nitrogen and oxygen atoms in total. The van der Waals surface area contributed by atoms with E-state index in [9.17, 15) is 5.11 Å². The van der Waals surface area contributed by atoms with Crippen LogP contribution in [0.4, 0.5) is 0 Å². The van der Waals surface area contributed by atoms with Crippen LogP contribution in [0.1, 0.15) is 5.56 Å². The van der Waals surface area contributed by atoms with Crippen LogP contribution in [0.15, 0.2) is 24.3 Å². The second-order valence-electron chi connectivity index (χ2n) is 5.04. The number of phenolic OH excluding ortho intramolecular Hbond substituents is 1. The number of nitrogens with zero attached hydrogens (tertiary/aromatic N) is 1. The Labute approximate surface area is 95.3 Å². The number of aliphatic hydroxyl groups excluding tert-OH is 1. The molecule has 0 radical (unpaired) electrons. The van der Waals surface area contributed by atoms with Crippen molar-refractivity contribution in [3.8, 4) is 5.75 Å². The fourth-order valence-electron chi connectivity index (χ4n) is 3.05. The van der Waals surface area contributed by atoms with Gasteiger partial charge in [-0.05, 0) is 35.4 Å². The Morgan fingerprint density at radius 1 is 1.25 bits per heavy atom. The zero-order valence-corrected chi connectivity index (χ0v) is 9.21. The first-order chi connectivity index (χ1) is 7.78. The van der Waals surface area contributed by atoms with Gasteiger partial charge in [0.25, 0.3) is 0 Å². The summed E-state index contributed by atoms with van der Waals surface area (Å²) in [5, 5.41) is 18.4. The summed E-state index contributed by atoms with van der Waals surface area (Å²) in [7, 11) is 0. The molecule has 2 N–H and O–H groups in total. The Bertz CT molecular complexity index is 381. The Kier molecular flexibility index (Phi) is 2.37. The molecule has 3 rings (SSSR count). The highest BCUT2D eigenvalue weighted by Gasteiger charge is 2.54. The van der Waals surface area contributed by atoms with Crippen molar-refractivity contribution in [1.82, 2.24) is 4.90 Å². The van der Waals surface area contributed by atoms with Gasteiger partial charge in [0, 0.05) is 26.2 Å². The molecule has 1 aliphatic heterocycles. The van der Waals surface area contributed by atoms with Crippen molar-refractivity contribution in [2.75, 3.05) is 19.7 Å². The van der Waals surface area contributed by atoms with Crippen LogP contribution in [0.3, 0.4) is 0 Å². The molecule has 16 heavy (non-hydrogen) atoms. The lowest BCUT2D eigenvalue weighted by atomic mass is 10.2. The number of benzene rings is 1. The molecule has 2 fully saturated rings. The number of phenols is 1. The SMILES string of the molecule is OCC1C2CN(Cc3cccc(O)c3)CC12. The van der Waals surface area contributed by atoms with Gasteiger partial charge in [0.1, 0.15) is 5.75 Å². The summed E-state index contributed by atoms with van der Waals surface area (Å²) < 4.78 is 0. The first-order valence-corrected chi connectivity index (χ1v) is 5.89. The van der Waals surface area contributed by atoms with Crippen LogP contribution in [-0.2, 0) is 6.54 Å². The van der Waals surface area contributed by atoms with Crippen molar-refractivity contribution in [3.63, 3.8) is 0 Å². The number of fused-ring (bicyclic) bond motifs is 1. The lowest BCUT2D eigenvalue weighted by Crippen LogP contribution is -2.24. The van der Waals surface area contributed by atoms with E-state index in [1.54, 1.807) is 6.07 Å². The molecule has 86 valence electrons. The number of hydrogen-bond acceptors (Lipinski definition) is 3. The Morgan fingerprint density at radius 3 is 2.62 bits per heavy atom. The van der Waals surface area contributed by atoms with Crippen LogP contribution < -0.4 is 0 Å². The van der Waals surface area contributed by atoms with Gasteiger partial charge in [-0.2, -0.15) is 0 Å². The molecule has 1 heterocycles. The van der Waals surface area contributed by atoms with Crippen molar-refractivity contribution in [2.24, 2.45) is 17.8 Å². The third-order valence-electron chi connectivity index (χ3n) is 3.97. The highest BCUT2D eigenvalue weighted by atomic mass is 16.3. The zero-order chi connectivity index (χ0) is 11.1. The average Bonchev–Trinajstić information content (AvgIpc) is 2.73. The summed E-state index contributed by atoms with van der Waals surface area (Å²) in [5.41, 5.74) is 1.17. The topological polar surface area (TPSA) is 43.7 Å². The number of aromatic hydroxyl groups is 1.